The maximum atomic E-state index is 9.88. The molecule has 0 saturated carbocycles. The molecule has 1 aromatic rings. The average Bonchev–Trinajstić information content (AvgIpc) is 2.38. The Bertz CT molecular complexity index is 331. The Morgan fingerprint density at radius 3 is 2.61 bits per heavy atom. The topological polar surface area (TPSA) is 20.2 Å². The first-order chi connectivity index (χ1) is 8.72. The molecule has 0 aliphatic rings. The maximum Gasteiger partial charge on any atom is 0.0634 e. The normalized spacial score (nSPS) is 12.3. The number of aliphatic hydroxyl groups excluding tert-OH is 1. The number of hydrogen-bond acceptors (Lipinski definition) is 2. The van der Waals surface area contributed by atoms with E-state index in [9.17, 15) is 5.11 Å². The lowest BCUT2D eigenvalue weighted by Crippen LogP contribution is -2.09. The van der Waals surface area contributed by atoms with Crippen LogP contribution in [0.25, 0.3) is 0 Å². The zero-order valence-electron chi connectivity index (χ0n) is 11.3. The van der Waals surface area contributed by atoms with Crippen molar-refractivity contribution in [2.24, 2.45) is 0 Å². The van der Waals surface area contributed by atoms with Crippen LogP contribution in [0.15, 0.2) is 41.8 Å². The minimum atomic E-state index is -0.181. The molecular weight excluding hydrogens is 240 g/mol. The molecular formula is C16H24OS. The van der Waals surface area contributed by atoms with Gasteiger partial charge in [0.1, 0.15) is 0 Å². The quantitative estimate of drug-likeness (QED) is 0.400. The van der Waals surface area contributed by atoms with Crippen LogP contribution in [0.1, 0.15) is 37.7 Å². The molecule has 0 aromatic heterocycles. The summed E-state index contributed by atoms with van der Waals surface area (Å²) < 4.78 is 0. The first-order valence-electron chi connectivity index (χ1n) is 6.71. The van der Waals surface area contributed by atoms with Crippen molar-refractivity contribution in [2.75, 3.05) is 5.75 Å². The Balaban J connectivity index is 2.11. The molecule has 1 rings (SSSR count). The first kappa shape index (κ1) is 15.3. The van der Waals surface area contributed by atoms with Gasteiger partial charge in [-0.1, -0.05) is 36.6 Å². The summed E-state index contributed by atoms with van der Waals surface area (Å²) in [6.07, 6.45) is 7.29. The zero-order valence-corrected chi connectivity index (χ0v) is 12.1. The Morgan fingerprint density at radius 2 is 1.94 bits per heavy atom. The van der Waals surface area contributed by atoms with Gasteiger partial charge in [-0.05, 0) is 38.3 Å². The van der Waals surface area contributed by atoms with E-state index in [2.05, 4.69) is 37.8 Å². The standard InChI is InChI=1S/C16H24OS/c1-3-4-5-6-7-8-15(17)13-18-16-11-9-14(2)10-12-16/h3,9-12,15,17H,1,4-8,13H2,2H3. The smallest absolute Gasteiger partial charge is 0.0634 e. The summed E-state index contributed by atoms with van der Waals surface area (Å²) in [5, 5.41) is 9.88. The van der Waals surface area contributed by atoms with Crippen molar-refractivity contribution in [1.29, 1.82) is 0 Å². The number of aryl methyl sites for hydroxylation is 1. The molecule has 1 nitrogen and oxygen atoms in total. The SMILES string of the molecule is C=CCCCCCC(O)CSc1ccc(C)cc1. The summed E-state index contributed by atoms with van der Waals surface area (Å²) in [7, 11) is 0. The molecule has 1 atom stereocenters. The highest BCUT2D eigenvalue weighted by Gasteiger charge is 2.04. The third kappa shape index (κ3) is 6.87. The van der Waals surface area contributed by atoms with E-state index in [1.807, 2.05) is 6.08 Å². The van der Waals surface area contributed by atoms with Gasteiger partial charge in [-0.15, -0.1) is 18.3 Å². The Morgan fingerprint density at radius 1 is 1.22 bits per heavy atom. The lowest BCUT2D eigenvalue weighted by Gasteiger charge is -2.10. The number of allylic oxidation sites excluding steroid dienone is 1. The molecule has 2 heteroatoms. The van der Waals surface area contributed by atoms with Crippen LogP contribution in [0, 0.1) is 6.92 Å². The number of unbranched alkanes of at least 4 members (excludes halogenated alkanes) is 3. The molecule has 0 aliphatic heterocycles. The molecule has 0 amide bonds. The molecule has 100 valence electrons. The Labute approximate surface area is 115 Å². The van der Waals surface area contributed by atoms with Crippen molar-refractivity contribution in [3.05, 3.63) is 42.5 Å². The fraction of sp³-hybridized carbons (Fsp3) is 0.500. The van der Waals surface area contributed by atoms with Crippen molar-refractivity contribution in [3.8, 4) is 0 Å². The number of benzene rings is 1. The van der Waals surface area contributed by atoms with Crippen LogP contribution in [0.3, 0.4) is 0 Å². The van der Waals surface area contributed by atoms with E-state index in [-0.39, 0.29) is 6.10 Å². The van der Waals surface area contributed by atoms with Gasteiger partial charge in [0.25, 0.3) is 0 Å². The Kier molecular flexibility index (Phi) is 7.86. The summed E-state index contributed by atoms with van der Waals surface area (Å²) in [5.41, 5.74) is 1.28. The zero-order chi connectivity index (χ0) is 13.2. The van der Waals surface area contributed by atoms with Gasteiger partial charge in [-0.2, -0.15) is 0 Å². The summed E-state index contributed by atoms with van der Waals surface area (Å²) in [6, 6.07) is 8.47. The number of rotatable bonds is 9. The van der Waals surface area contributed by atoms with Crippen LogP contribution >= 0.6 is 11.8 Å². The molecule has 1 aromatic carbocycles. The van der Waals surface area contributed by atoms with Crippen LogP contribution in [0.5, 0.6) is 0 Å². The molecule has 0 aliphatic carbocycles. The highest BCUT2D eigenvalue weighted by molar-refractivity contribution is 7.99. The summed E-state index contributed by atoms with van der Waals surface area (Å²) in [6.45, 7) is 5.80. The van der Waals surface area contributed by atoms with Gasteiger partial charge in [-0.3, -0.25) is 0 Å². The second-order valence-corrected chi connectivity index (χ2v) is 5.80. The maximum absolute atomic E-state index is 9.88. The number of thioether (sulfide) groups is 1. The second-order valence-electron chi connectivity index (χ2n) is 4.70. The third-order valence-electron chi connectivity index (χ3n) is 2.91. The van der Waals surface area contributed by atoms with Crippen LogP contribution in [-0.4, -0.2) is 17.0 Å². The summed E-state index contributed by atoms with van der Waals surface area (Å²) in [5.74, 6) is 0.796. The number of hydrogen-bond donors (Lipinski definition) is 1. The van der Waals surface area contributed by atoms with Gasteiger partial charge in [-0.25, -0.2) is 0 Å². The van der Waals surface area contributed by atoms with Crippen LogP contribution < -0.4 is 0 Å². The van der Waals surface area contributed by atoms with E-state index < -0.39 is 0 Å². The van der Waals surface area contributed by atoms with Gasteiger partial charge in [0.2, 0.25) is 0 Å². The second kappa shape index (κ2) is 9.23. The first-order valence-corrected chi connectivity index (χ1v) is 7.69. The fourth-order valence-corrected chi connectivity index (χ4v) is 2.64. The minimum absolute atomic E-state index is 0.181. The van der Waals surface area contributed by atoms with E-state index in [1.165, 1.54) is 23.3 Å². The molecule has 0 heterocycles. The lowest BCUT2D eigenvalue weighted by molar-refractivity contribution is 0.185. The lowest BCUT2D eigenvalue weighted by atomic mass is 10.1. The van der Waals surface area contributed by atoms with E-state index in [4.69, 9.17) is 0 Å². The van der Waals surface area contributed by atoms with E-state index >= 15 is 0 Å². The molecule has 0 spiro atoms. The van der Waals surface area contributed by atoms with Gasteiger partial charge in [0, 0.05) is 10.6 Å². The average molecular weight is 264 g/mol. The predicted octanol–water partition coefficient (Wildman–Crippen LogP) is 4.58. The van der Waals surface area contributed by atoms with Crippen molar-refractivity contribution >= 4 is 11.8 Å². The van der Waals surface area contributed by atoms with E-state index in [1.54, 1.807) is 11.8 Å². The van der Waals surface area contributed by atoms with Gasteiger partial charge in [0.15, 0.2) is 0 Å². The molecule has 0 radical (unpaired) electrons. The molecule has 1 N–H and O–H groups in total. The predicted molar refractivity (Wildman–Crippen MR) is 81.2 cm³/mol. The molecule has 18 heavy (non-hydrogen) atoms. The van der Waals surface area contributed by atoms with Crippen molar-refractivity contribution in [3.63, 3.8) is 0 Å². The monoisotopic (exact) mass is 264 g/mol. The third-order valence-corrected chi connectivity index (χ3v) is 4.07. The van der Waals surface area contributed by atoms with Crippen LogP contribution in [-0.2, 0) is 0 Å². The fourth-order valence-electron chi connectivity index (χ4n) is 1.76. The molecule has 0 saturated heterocycles. The van der Waals surface area contributed by atoms with Gasteiger partial charge >= 0.3 is 0 Å². The Hall–Kier alpha value is -0.730. The van der Waals surface area contributed by atoms with Crippen LogP contribution in [0.4, 0.5) is 0 Å². The molecule has 0 bridgehead atoms. The van der Waals surface area contributed by atoms with Gasteiger partial charge in [0.05, 0.1) is 6.10 Å². The molecule has 1 unspecified atom stereocenters. The van der Waals surface area contributed by atoms with Gasteiger partial charge < -0.3 is 5.11 Å². The molecule has 0 fully saturated rings. The van der Waals surface area contributed by atoms with E-state index in [0.717, 1.165) is 25.0 Å². The minimum Gasteiger partial charge on any atom is -0.392 e. The summed E-state index contributed by atoms with van der Waals surface area (Å²) in [4.78, 5) is 1.24. The highest BCUT2D eigenvalue weighted by atomic mass is 32.2. The van der Waals surface area contributed by atoms with Crippen molar-refractivity contribution in [2.45, 2.75) is 50.0 Å². The van der Waals surface area contributed by atoms with Crippen molar-refractivity contribution < 1.29 is 5.11 Å². The highest BCUT2D eigenvalue weighted by Crippen LogP contribution is 2.20. The largest absolute Gasteiger partial charge is 0.392 e. The number of aliphatic hydroxyl groups is 1. The summed E-state index contributed by atoms with van der Waals surface area (Å²) >= 11 is 1.74. The van der Waals surface area contributed by atoms with Crippen molar-refractivity contribution in [1.82, 2.24) is 0 Å². The van der Waals surface area contributed by atoms with E-state index in [0.29, 0.717) is 0 Å². The van der Waals surface area contributed by atoms with Crippen LogP contribution in [0.2, 0.25) is 0 Å².